The number of hydrogen-bond donors (Lipinski definition) is 1. The average Bonchev–Trinajstić information content (AvgIpc) is 3.12. The Kier molecular flexibility index (Phi) is 6.77. The normalized spacial score (nSPS) is 16.3. The molecule has 1 saturated carbocycles. The van der Waals surface area contributed by atoms with Gasteiger partial charge in [-0.25, -0.2) is 4.68 Å². The van der Waals surface area contributed by atoms with Gasteiger partial charge in [0.25, 0.3) is 5.91 Å². The molecule has 0 spiro atoms. The van der Waals surface area contributed by atoms with E-state index in [0.717, 1.165) is 12.2 Å². The predicted octanol–water partition coefficient (Wildman–Crippen LogP) is 3.04. The van der Waals surface area contributed by atoms with Gasteiger partial charge in [0.05, 0.1) is 19.3 Å². The molecule has 1 unspecified atom stereocenters. The molecule has 6 nitrogen and oxygen atoms in total. The third kappa shape index (κ3) is 5.66. The maximum Gasteiger partial charge on any atom is 0.273 e. The predicted molar refractivity (Wildman–Crippen MR) is 99.9 cm³/mol. The summed E-state index contributed by atoms with van der Waals surface area (Å²) in [4.78, 5) is 12.3. The summed E-state index contributed by atoms with van der Waals surface area (Å²) in [7, 11) is 0. The van der Waals surface area contributed by atoms with Gasteiger partial charge in [0, 0.05) is 12.6 Å². The van der Waals surface area contributed by atoms with Crippen molar-refractivity contribution in [1.82, 2.24) is 20.3 Å². The summed E-state index contributed by atoms with van der Waals surface area (Å²) >= 11 is 0. The molecule has 3 rings (SSSR count). The van der Waals surface area contributed by atoms with E-state index in [0.29, 0.717) is 24.8 Å². The lowest BCUT2D eigenvalue weighted by molar-refractivity contribution is 0.0667. The fourth-order valence-corrected chi connectivity index (χ4v) is 3.35. The number of nitrogens with one attached hydrogen (secondary N) is 1. The van der Waals surface area contributed by atoms with Gasteiger partial charge >= 0.3 is 0 Å². The fraction of sp³-hybridized carbons (Fsp3) is 0.550. The van der Waals surface area contributed by atoms with Gasteiger partial charge in [-0.3, -0.25) is 4.79 Å². The summed E-state index contributed by atoms with van der Waals surface area (Å²) in [6.45, 7) is 3.88. The number of nitrogens with zero attached hydrogens (tertiary/aromatic N) is 3. The summed E-state index contributed by atoms with van der Waals surface area (Å²) in [5.41, 5.74) is 1.45. The van der Waals surface area contributed by atoms with Crippen molar-refractivity contribution in [2.24, 2.45) is 5.92 Å². The lowest BCUT2D eigenvalue weighted by Crippen LogP contribution is -2.36. The van der Waals surface area contributed by atoms with E-state index in [4.69, 9.17) is 4.74 Å². The molecule has 1 amide bonds. The van der Waals surface area contributed by atoms with Crippen LogP contribution in [0.4, 0.5) is 0 Å². The molecule has 1 aliphatic carbocycles. The van der Waals surface area contributed by atoms with Crippen LogP contribution in [0, 0.1) is 5.92 Å². The van der Waals surface area contributed by atoms with E-state index in [2.05, 4.69) is 15.6 Å². The van der Waals surface area contributed by atoms with Crippen LogP contribution >= 0.6 is 0 Å². The Balaban J connectivity index is 1.41. The second-order valence-electron chi connectivity index (χ2n) is 7.20. The highest BCUT2D eigenvalue weighted by Gasteiger charge is 2.16. The molecule has 0 radical (unpaired) electrons. The maximum atomic E-state index is 12.3. The van der Waals surface area contributed by atoms with E-state index >= 15 is 0 Å². The van der Waals surface area contributed by atoms with Crippen LogP contribution in [0.3, 0.4) is 0 Å². The van der Waals surface area contributed by atoms with Crippen LogP contribution in [-0.4, -0.2) is 40.2 Å². The Bertz CT molecular complexity index is 680. The number of benzene rings is 1. The number of carbonyl (C=O) groups excluding carboxylic acids is 1. The minimum Gasteiger partial charge on any atom is -0.379 e. The van der Waals surface area contributed by atoms with Crippen molar-refractivity contribution in [1.29, 1.82) is 0 Å². The Morgan fingerprint density at radius 2 is 2.04 bits per heavy atom. The van der Waals surface area contributed by atoms with E-state index in [9.17, 15) is 4.79 Å². The molecule has 1 atom stereocenters. The lowest BCUT2D eigenvalue weighted by Gasteiger charge is -2.22. The van der Waals surface area contributed by atoms with Crippen LogP contribution in [0.25, 0.3) is 0 Å². The molecule has 1 heterocycles. The molecule has 1 aliphatic rings. The molecule has 0 aliphatic heterocycles. The highest BCUT2D eigenvalue weighted by Crippen LogP contribution is 2.23. The van der Waals surface area contributed by atoms with Gasteiger partial charge in [-0.2, -0.15) is 0 Å². The molecule has 2 aromatic rings. The molecular weight excluding hydrogens is 328 g/mol. The van der Waals surface area contributed by atoms with Gasteiger partial charge in [-0.15, -0.1) is 5.10 Å². The molecule has 1 aromatic heterocycles. The van der Waals surface area contributed by atoms with Gasteiger partial charge in [0.2, 0.25) is 0 Å². The monoisotopic (exact) mass is 356 g/mol. The molecule has 1 aromatic carbocycles. The van der Waals surface area contributed by atoms with Crippen molar-refractivity contribution < 1.29 is 9.53 Å². The summed E-state index contributed by atoms with van der Waals surface area (Å²) in [6.07, 6.45) is 8.21. The minimum absolute atomic E-state index is 0.0506. The molecule has 0 bridgehead atoms. The topological polar surface area (TPSA) is 69.0 Å². The van der Waals surface area contributed by atoms with Gasteiger partial charge in [-0.05, 0) is 31.2 Å². The maximum absolute atomic E-state index is 12.3. The van der Waals surface area contributed by atoms with Gasteiger partial charge < -0.3 is 10.1 Å². The standard InChI is InChI=1S/C20H28N4O2/c1-16(14-26-15-18-10-6-3-7-11-18)21-20(25)19-13-24(23-22-19)12-17-8-4-2-5-9-17/h2,4-5,8-9,13,16,18H,3,6-7,10-12,14-15H2,1H3,(H,21,25). The van der Waals surface area contributed by atoms with Gasteiger partial charge in [-0.1, -0.05) is 54.8 Å². The van der Waals surface area contributed by atoms with E-state index in [1.54, 1.807) is 10.9 Å². The zero-order valence-corrected chi connectivity index (χ0v) is 15.4. The molecule has 6 heteroatoms. The molecule has 1 fully saturated rings. The minimum atomic E-state index is -0.210. The lowest BCUT2D eigenvalue weighted by atomic mass is 9.90. The first-order valence-corrected chi connectivity index (χ1v) is 9.53. The van der Waals surface area contributed by atoms with Crippen LogP contribution in [0.1, 0.15) is 55.1 Å². The first-order valence-electron chi connectivity index (χ1n) is 9.53. The van der Waals surface area contributed by atoms with Crippen molar-refractivity contribution in [3.63, 3.8) is 0 Å². The van der Waals surface area contributed by atoms with Crippen molar-refractivity contribution >= 4 is 5.91 Å². The quantitative estimate of drug-likeness (QED) is 0.789. The second kappa shape index (κ2) is 9.48. The van der Waals surface area contributed by atoms with Crippen molar-refractivity contribution in [2.45, 2.75) is 51.6 Å². The summed E-state index contributed by atoms with van der Waals surface area (Å²) in [6, 6.07) is 9.93. The Hall–Kier alpha value is -2.21. The van der Waals surface area contributed by atoms with Crippen molar-refractivity contribution in [3.05, 3.63) is 47.8 Å². The zero-order chi connectivity index (χ0) is 18.2. The van der Waals surface area contributed by atoms with Gasteiger partial charge in [0.15, 0.2) is 5.69 Å². The third-order valence-electron chi connectivity index (χ3n) is 4.78. The zero-order valence-electron chi connectivity index (χ0n) is 15.4. The first kappa shape index (κ1) is 18.6. The number of carbonyl (C=O) groups is 1. The summed E-state index contributed by atoms with van der Waals surface area (Å²) in [5, 5.41) is 10.9. The van der Waals surface area contributed by atoms with Crippen LogP contribution in [-0.2, 0) is 11.3 Å². The van der Waals surface area contributed by atoms with Crippen molar-refractivity contribution in [3.8, 4) is 0 Å². The van der Waals surface area contributed by atoms with E-state index in [-0.39, 0.29) is 11.9 Å². The molecule has 1 N–H and O–H groups in total. The van der Waals surface area contributed by atoms with Crippen LogP contribution in [0.2, 0.25) is 0 Å². The largest absolute Gasteiger partial charge is 0.379 e. The number of aromatic nitrogens is 3. The van der Waals surface area contributed by atoms with Gasteiger partial charge in [0.1, 0.15) is 0 Å². The first-order chi connectivity index (χ1) is 12.7. The number of ether oxygens (including phenoxy) is 1. The van der Waals surface area contributed by atoms with Crippen LogP contribution < -0.4 is 5.32 Å². The molecule has 140 valence electrons. The highest BCUT2D eigenvalue weighted by atomic mass is 16.5. The average molecular weight is 356 g/mol. The van der Waals surface area contributed by atoms with Crippen LogP contribution in [0.5, 0.6) is 0 Å². The third-order valence-corrected chi connectivity index (χ3v) is 4.78. The van der Waals surface area contributed by atoms with E-state index in [1.165, 1.54) is 32.1 Å². The SMILES string of the molecule is CC(COCC1CCCCC1)NC(=O)c1cn(Cc2ccccc2)nn1. The smallest absolute Gasteiger partial charge is 0.273 e. The van der Waals surface area contributed by atoms with E-state index < -0.39 is 0 Å². The second-order valence-corrected chi connectivity index (χ2v) is 7.20. The van der Waals surface area contributed by atoms with Crippen LogP contribution in [0.15, 0.2) is 36.5 Å². The summed E-state index contributed by atoms with van der Waals surface area (Å²) < 4.78 is 7.48. The molecule has 26 heavy (non-hydrogen) atoms. The summed E-state index contributed by atoms with van der Waals surface area (Å²) in [5.74, 6) is 0.475. The Morgan fingerprint density at radius 3 is 2.81 bits per heavy atom. The molecular formula is C20H28N4O2. The number of rotatable bonds is 8. The number of amides is 1. The number of hydrogen-bond acceptors (Lipinski definition) is 4. The Morgan fingerprint density at radius 1 is 1.27 bits per heavy atom. The molecule has 0 saturated heterocycles. The fourth-order valence-electron chi connectivity index (χ4n) is 3.35. The van der Waals surface area contributed by atoms with E-state index in [1.807, 2.05) is 37.3 Å². The van der Waals surface area contributed by atoms with Crippen molar-refractivity contribution in [2.75, 3.05) is 13.2 Å². The Labute approximate surface area is 154 Å². The highest BCUT2D eigenvalue weighted by molar-refractivity contribution is 5.92.